The molecule has 2 aromatic heterocycles. The van der Waals surface area contributed by atoms with Crippen LogP contribution in [0.4, 0.5) is 11.4 Å². The van der Waals surface area contributed by atoms with Crippen molar-refractivity contribution in [2.24, 2.45) is 9.98 Å². The van der Waals surface area contributed by atoms with Gasteiger partial charge in [0.15, 0.2) is 0 Å². The van der Waals surface area contributed by atoms with Crippen molar-refractivity contribution in [1.29, 1.82) is 0 Å². The van der Waals surface area contributed by atoms with E-state index < -0.39 is 0 Å². The number of aromatic hydroxyl groups is 4. The maximum absolute atomic E-state index is 10.5. The molecule has 0 fully saturated rings. The van der Waals surface area contributed by atoms with Gasteiger partial charge in [-0.2, -0.15) is 10.2 Å². The van der Waals surface area contributed by atoms with Gasteiger partial charge >= 0.3 is 0 Å². The average molecular weight is 674 g/mol. The standard InChI is InChI=1S/2C18H17N3O2.Co/c2*1-2-15-14(12-19-16-10-6-7-11-17(16)22)18(23)21(20-15)13-8-4-3-5-9-13;/h2*3-12,22-23H,2H2,1H3;. The molecule has 0 spiro atoms. The third kappa shape index (κ3) is 7.96. The molecule has 6 aromatic rings. The van der Waals surface area contributed by atoms with E-state index in [4.69, 9.17) is 0 Å². The van der Waals surface area contributed by atoms with Gasteiger partial charge in [0.05, 0.1) is 33.9 Å². The zero-order chi connectivity index (χ0) is 32.5. The molecule has 241 valence electrons. The number of aryl methyl sites for hydroxylation is 2. The van der Waals surface area contributed by atoms with Gasteiger partial charge < -0.3 is 20.4 Å². The fourth-order valence-electron chi connectivity index (χ4n) is 4.63. The normalized spacial score (nSPS) is 10.9. The molecule has 4 N–H and O–H groups in total. The first-order valence-electron chi connectivity index (χ1n) is 14.8. The molecule has 47 heavy (non-hydrogen) atoms. The molecule has 0 amide bonds. The van der Waals surface area contributed by atoms with E-state index in [2.05, 4.69) is 20.2 Å². The van der Waals surface area contributed by atoms with Crippen molar-refractivity contribution < 1.29 is 37.2 Å². The van der Waals surface area contributed by atoms with Crippen LogP contribution in [-0.4, -0.2) is 52.4 Å². The Labute approximate surface area is 282 Å². The minimum atomic E-state index is 0. The van der Waals surface area contributed by atoms with Gasteiger partial charge in [-0.25, -0.2) is 9.36 Å². The number of para-hydroxylation sites is 6. The molecular formula is C36H34CoN6O4. The van der Waals surface area contributed by atoms with Gasteiger partial charge in [-0.3, -0.25) is 9.98 Å². The van der Waals surface area contributed by atoms with Crippen molar-refractivity contribution in [3.05, 3.63) is 132 Å². The van der Waals surface area contributed by atoms with E-state index in [1.165, 1.54) is 21.8 Å². The molecule has 0 saturated heterocycles. The van der Waals surface area contributed by atoms with Crippen LogP contribution in [0.2, 0.25) is 0 Å². The van der Waals surface area contributed by atoms with Crippen LogP contribution in [0.25, 0.3) is 11.4 Å². The fourth-order valence-corrected chi connectivity index (χ4v) is 4.63. The number of phenolic OH excluding ortho intramolecular Hbond substituents is 2. The van der Waals surface area contributed by atoms with Crippen molar-refractivity contribution in [2.45, 2.75) is 26.7 Å². The summed E-state index contributed by atoms with van der Waals surface area (Å²) in [5.74, 6) is 0.257. The van der Waals surface area contributed by atoms with Gasteiger partial charge in [0.2, 0.25) is 11.8 Å². The van der Waals surface area contributed by atoms with E-state index in [-0.39, 0.29) is 40.0 Å². The molecule has 4 aromatic carbocycles. The van der Waals surface area contributed by atoms with E-state index in [1.807, 2.05) is 74.5 Å². The van der Waals surface area contributed by atoms with Crippen LogP contribution >= 0.6 is 0 Å². The fraction of sp³-hybridized carbons (Fsp3) is 0.111. The molecule has 6 rings (SSSR count). The van der Waals surface area contributed by atoms with Crippen molar-refractivity contribution in [1.82, 2.24) is 19.6 Å². The van der Waals surface area contributed by atoms with Gasteiger partial charge in [-0.15, -0.1) is 0 Å². The number of rotatable bonds is 8. The smallest absolute Gasteiger partial charge is 0.223 e. The molecule has 0 aliphatic rings. The number of hydrogen-bond acceptors (Lipinski definition) is 8. The summed E-state index contributed by atoms with van der Waals surface area (Å²) >= 11 is 0. The molecule has 0 saturated carbocycles. The van der Waals surface area contributed by atoms with Crippen LogP contribution in [0.5, 0.6) is 23.3 Å². The Morgan fingerprint density at radius 2 is 0.872 bits per heavy atom. The number of hydrogen-bond donors (Lipinski definition) is 4. The summed E-state index contributed by atoms with van der Waals surface area (Å²) in [5, 5.41) is 49.4. The number of aromatic nitrogens is 4. The summed E-state index contributed by atoms with van der Waals surface area (Å²) in [6.07, 6.45) is 4.40. The zero-order valence-electron chi connectivity index (χ0n) is 25.8. The van der Waals surface area contributed by atoms with Crippen LogP contribution < -0.4 is 0 Å². The predicted molar refractivity (Wildman–Crippen MR) is 180 cm³/mol. The summed E-state index contributed by atoms with van der Waals surface area (Å²) < 4.78 is 2.98. The predicted octanol–water partition coefficient (Wildman–Crippen LogP) is 7.19. The third-order valence-corrected chi connectivity index (χ3v) is 7.05. The number of nitrogens with zero attached hydrogens (tertiary/aromatic N) is 6. The molecule has 10 nitrogen and oxygen atoms in total. The summed E-state index contributed by atoms with van der Waals surface area (Å²) in [5.41, 5.74) is 5.04. The van der Waals surface area contributed by atoms with Crippen LogP contribution in [-0.2, 0) is 29.6 Å². The third-order valence-electron chi connectivity index (χ3n) is 7.05. The Morgan fingerprint density at radius 1 is 0.532 bits per heavy atom. The molecule has 0 atom stereocenters. The van der Waals surface area contributed by atoms with Crippen molar-refractivity contribution in [3.8, 4) is 34.6 Å². The average Bonchev–Trinajstić information content (AvgIpc) is 3.59. The Morgan fingerprint density at radius 3 is 1.21 bits per heavy atom. The molecule has 2 heterocycles. The number of aliphatic imine (C=N–C) groups is 2. The Bertz CT molecular complexity index is 1830. The second-order valence-corrected chi connectivity index (χ2v) is 10.1. The second kappa shape index (κ2) is 16.1. The first-order valence-corrected chi connectivity index (χ1v) is 14.8. The van der Waals surface area contributed by atoms with Crippen molar-refractivity contribution in [3.63, 3.8) is 0 Å². The Kier molecular flexibility index (Phi) is 11.7. The van der Waals surface area contributed by atoms with Gasteiger partial charge in [-0.1, -0.05) is 74.5 Å². The molecular weight excluding hydrogens is 639 g/mol. The minimum Gasteiger partial charge on any atom is -0.506 e. The largest absolute Gasteiger partial charge is 0.506 e. The van der Waals surface area contributed by atoms with E-state index in [1.54, 1.807) is 48.5 Å². The van der Waals surface area contributed by atoms with Gasteiger partial charge in [0.25, 0.3) is 0 Å². The van der Waals surface area contributed by atoms with Gasteiger partial charge in [0, 0.05) is 29.2 Å². The van der Waals surface area contributed by atoms with E-state index in [0.717, 1.165) is 22.8 Å². The SMILES string of the molecule is CCc1nn(-c2ccccc2)c(O)c1C=Nc1ccccc1O.CCc1nn(-c2ccccc2)c(O)c1C=Nc1ccccc1O.[Co]. The van der Waals surface area contributed by atoms with Gasteiger partial charge in [0.1, 0.15) is 22.9 Å². The molecule has 11 heteroatoms. The first kappa shape index (κ1) is 34.2. The van der Waals surface area contributed by atoms with Crippen molar-refractivity contribution in [2.75, 3.05) is 0 Å². The first-order chi connectivity index (χ1) is 22.4. The topological polar surface area (TPSA) is 141 Å². The summed E-state index contributed by atoms with van der Waals surface area (Å²) in [6, 6.07) is 32.4. The Balaban J connectivity index is 0.000000208. The zero-order valence-corrected chi connectivity index (χ0v) is 26.8. The Hall–Kier alpha value is -5.65. The van der Waals surface area contributed by atoms with E-state index >= 15 is 0 Å². The molecule has 1 radical (unpaired) electrons. The monoisotopic (exact) mass is 673 g/mol. The molecule has 0 aliphatic carbocycles. The van der Waals surface area contributed by atoms with Crippen LogP contribution in [0.3, 0.4) is 0 Å². The maximum Gasteiger partial charge on any atom is 0.223 e. The molecule has 0 bridgehead atoms. The molecule has 0 aliphatic heterocycles. The number of phenols is 2. The van der Waals surface area contributed by atoms with Gasteiger partial charge in [-0.05, 0) is 61.4 Å². The maximum atomic E-state index is 10.5. The van der Waals surface area contributed by atoms with Crippen LogP contribution in [0.1, 0.15) is 36.4 Å². The molecule has 0 unspecified atom stereocenters. The summed E-state index contributed by atoms with van der Waals surface area (Å²) in [4.78, 5) is 8.53. The second-order valence-electron chi connectivity index (χ2n) is 10.1. The summed E-state index contributed by atoms with van der Waals surface area (Å²) in [7, 11) is 0. The van der Waals surface area contributed by atoms with E-state index in [9.17, 15) is 20.4 Å². The summed E-state index contributed by atoms with van der Waals surface area (Å²) in [6.45, 7) is 3.93. The van der Waals surface area contributed by atoms with E-state index in [0.29, 0.717) is 35.3 Å². The van der Waals surface area contributed by atoms with Crippen LogP contribution in [0.15, 0.2) is 119 Å². The quantitative estimate of drug-likeness (QED) is 0.126. The van der Waals surface area contributed by atoms with Crippen molar-refractivity contribution >= 4 is 23.8 Å². The van der Waals surface area contributed by atoms with Crippen LogP contribution in [0, 0.1) is 0 Å². The minimum absolute atomic E-state index is 0. The number of benzene rings is 4.